The van der Waals surface area contributed by atoms with Gasteiger partial charge in [0.05, 0.1) is 16.3 Å². The Kier molecular flexibility index (Phi) is 6.07. The van der Waals surface area contributed by atoms with Crippen LogP contribution in [0.3, 0.4) is 0 Å². The minimum Gasteiger partial charge on any atom is -0.336 e. The smallest absolute Gasteiger partial charge is 0.257 e. The molecule has 7 heteroatoms. The predicted octanol–water partition coefficient (Wildman–Crippen LogP) is 3.70. The average Bonchev–Trinajstić information content (AvgIpc) is 2.81. The number of hydrogen-bond donors (Lipinski definition) is 2. The fraction of sp³-hybridized carbons (Fsp3) is 0.174. The molecule has 4 rings (SSSR count). The fourth-order valence-electron chi connectivity index (χ4n) is 3.33. The van der Waals surface area contributed by atoms with Crippen molar-refractivity contribution >= 4 is 29.1 Å². The number of carbonyl (C=O) groups is 2. The molecule has 2 heterocycles. The number of benzene rings is 2. The van der Waals surface area contributed by atoms with E-state index >= 15 is 0 Å². The number of hydrogen-bond acceptors (Lipinski definition) is 4. The first-order valence-corrected chi connectivity index (χ1v) is 10.1. The summed E-state index contributed by atoms with van der Waals surface area (Å²) in [7, 11) is 0. The highest BCUT2D eigenvalue weighted by Gasteiger charge is 2.18. The van der Waals surface area contributed by atoms with Crippen LogP contribution in [0.1, 0.15) is 20.7 Å². The molecule has 30 heavy (non-hydrogen) atoms. The average molecular weight is 421 g/mol. The van der Waals surface area contributed by atoms with E-state index in [4.69, 9.17) is 11.6 Å². The summed E-state index contributed by atoms with van der Waals surface area (Å²) in [6.07, 6.45) is 3.21. The van der Waals surface area contributed by atoms with Crippen molar-refractivity contribution in [1.29, 1.82) is 0 Å². The van der Waals surface area contributed by atoms with E-state index in [1.165, 1.54) is 6.20 Å². The van der Waals surface area contributed by atoms with Crippen LogP contribution in [-0.2, 0) is 0 Å². The molecule has 1 saturated heterocycles. The first-order valence-electron chi connectivity index (χ1n) is 9.73. The summed E-state index contributed by atoms with van der Waals surface area (Å²) in [6, 6.07) is 16.2. The number of carbonyl (C=O) groups excluding carboxylic acids is 2. The summed E-state index contributed by atoms with van der Waals surface area (Å²) in [6.45, 7) is 3.07. The van der Waals surface area contributed by atoms with Gasteiger partial charge in [-0.1, -0.05) is 35.9 Å². The van der Waals surface area contributed by atoms with Gasteiger partial charge in [0.15, 0.2) is 0 Å². The molecule has 2 N–H and O–H groups in total. The molecule has 0 atom stereocenters. The third-order valence-electron chi connectivity index (χ3n) is 4.99. The maximum Gasteiger partial charge on any atom is 0.257 e. The van der Waals surface area contributed by atoms with Crippen LogP contribution in [0.25, 0.3) is 11.1 Å². The van der Waals surface area contributed by atoms with Crippen molar-refractivity contribution < 1.29 is 9.59 Å². The largest absolute Gasteiger partial charge is 0.336 e. The normalized spacial score (nSPS) is 13.7. The van der Waals surface area contributed by atoms with E-state index in [1.54, 1.807) is 36.5 Å². The van der Waals surface area contributed by atoms with Crippen LogP contribution in [0.5, 0.6) is 0 Å². The third kappa shape index (κ3) is 4.50. The Labute approximate surface area is 179 Å². The van der Waals surface area contributed by atoms with Crippen LogP contribution < -0.4 is 10.6 Å². The second kappa shape index (κ2) is 9.07. The Morgan fingerprint density at radius 1 is 0.933 bits per heavy atom. The zero-order valence-corrected chi connectivity index (χ0v) is 17.0. The number of amides is 2. The molecule has 2 amide bonds. The maximum atomic E-state index is 12.6. The lowest BCUT2D eigenvalue weighted by Gasteiger charge is -2.27. The summed E-state index contributed by atoms with van der Waals surface area (Å²) in [5.41, 5.74) is 3.30. The molecule has 2 aromatic carbocycles. The van der Waals surface area contributed by atoms with E-state index in [2.05, 4.69) is 15.6 Å². The summed E-state index contributed by atoms with van der Waals surface area (Å²) in [5, 5.41) is 6.51. The topological polar surface area (TPSA) is 74.3 Å². The lowest BCUT2D eigenvalue weighted by atomic mass is 10.0. The SMILES string of the molecule is O=C(Nc1ccccc1Cl)c1cncc(-c2ccc(C(=O)N3CCNCC3)cc2)c1. The number of para-hydroxylation sites is 1. The summed E-state index contributed by atoms with van der Waals surface area (Å²) in [5.74, 6) is -0.253. The van der Waals surface area contributed by atoms with Crippen molar-refractivity contribution in [2.45, 2.75) is 0 Å². The van der Waals surface area contributed by atoms with Gasteiger partial charge in [-0.25, -0.2) is 0 Å². The maximum absolute atomic E-state index is 12.6. The first-order chi connectivity index (χ1) is 14.6. The molecule has 1 aliphatic rings. The first kappa shape index (κ1) is 20.1. The molecule has 0 saturated carbocycles. The van der Waals surface area contributed by atoms with Crippen LogP contribution in [0, 0.1) is 0 Å². The fourth-order valence-corrected chi connectivity index (χ4v) is 3.52. The molecule has 0 radical (unpaired) electrons. The van der Waals surface area contributed by atoms with E-state index in [0.717, 1.165) is 24.2 Å². The lowest BCUT2D eigenvalue weighted by Crippen LogP contribution is -2.46. The highest BCUT2D eigenvalue weighted by molar-refractivity contribution is 6.33. The van der Waals surface area contributed by atoms with Gasteiger partial charge in [0.1, 0.15) is 0 Å². The number of anilines is 1. The van der Waals surface area contributed by atoms with Crippen LogP contribution >= 0.6 is 11.6 Å². The van der Waals surface area contributed by atoms with Crippen molar-refractivity contribution in [3.05, 3.63) is 83.1 Å². The van der Waals surface area contributed by atoms with Crippen molar-refractivity contribution in [3.8, 4) is 11.1 Å². The summed E-state index contributed by atoms with van der Waals surface area (Å²) >= 11 is 6.11. The molecule has 1 fully saturated rings. The molecule has 0 bridgehead atoms. The Bertz CT molecular complexity index is 1060. The zero-order chi connectivity index (χ0) is 20.9. The number of pyridine rings is 1. The highest BCUT2D eigenvalue weighted by Crippen LogP contribution is 2.23. The van der Waals surface area contributed by atoms with Gasteiger partial charge in [-0.3, -0.25) is 14.6 Å². The number of piperazine rings is 1. The minimum absolute atomic E-state index is 0.0362. The van der Waals surface area contributed by atoms with E-state index in [0.29, 0.717) is 34.9 Å². The van der Waals surface area contributed by atoms with E-state index in [-0.39, 0.29) is 11.8 Å². The molecule has 1 aromatic heterocycles. The van der Waals surface area contributed by atoms with Gasteiger partial charge < -0.3 is 15.5 Å². The second-order valence-corrected chi connectivity index (χ2v) is 7.42. The molecular weight excluding hydrogens is 400 g/mol. The molecule has 3 aromatic rings. The standard InChI is InChI=1S/C23H21ClN4O2/c24-20-3-1-2-4-21(20)27-22(29)19-13-18(14-26-15-19)16-5-7-17(8-6-16)23(30)28-11-9-25-10-12-28/h1-8,13-15,25H,9-12H2,(H,27,29). The van der Waals surface area contributed by atoms with Gasteiger partial charge in [0.25, 0.3) is 11.8 Å². The number of nitrogens with zero attached hydrogens (tertiary/aromatic N) is 2. The van der Waals surface area contributed by atoms with Gasteiger partial charge in [0, 0.05) is 49.7 Å². The molecule has 0 aliphatic carbocycles. The second-order valence-electron chi connectivity index (χ2n) is 7.02. The highest BCUT2D eigenvalue weighted by atomic mass is 35.5. The number of aromatic nitrogens is 1. The van der Waals surface area contributed by atoms with E-state index in [9.17, 15) is 9.59 Å². The molecule has 6 nitrogen and oxygen atoms in total. The molecule has 1 aliphatic heterocycles. The molecular formula is C23H21ClN4O2. The van der Waals surface area contributed by atoms with Crippen LogP contribution in [-0.4, -0.2) is 47.9 Å². The zero-order valence-electron chi connectivity index (χ0n) is 16.3. The number of nitrogens with one attached hydrogen (secondary N) is 2. The Morgan fingerprint density at radius 2 is 1.67 bits per heavy atom. The molecule has 0 unspecified atom stereocenters. The summed E-state index contributed by atoms with van der Waals surface area (Å²) in [4.78, 5) is 31.3. The van der Waals surface area contributed by atoms with E-state index < -0.39 is 0 Å². The quantitative estimate of drug-likeness (QED) is 0.675. The third-order valence-corrected chi connectivity index (χ3v) is 5.32. The predicted molar refractivity (Wildman–Crippen MR) is 118 cm³/mol. The summed E-state index contributed by atoms with van der Waals surface area (Å²) < 4.78 is 0. The van der Waals surface area contributed by atoms with Gasteiger partial charge >= 0.3 is 0 Å². The Morgan fingerprint density at radius 3 is 2.40 bits per heavy atom. The Balaban J connectivity index is 1.50. The van der Waals surface area contributed by atoms with Crippen molar-refractivity contribution in [2.24, 2.45) is 0 Å². The lowest BCUT2D eigenvalue weighted by molar-refractivity contribution is 0.0735. The molecule has 0 spiro atoms. The van der Waals surface area contributed by atoms with Gasteiger partial charge in [-0.15, -0.1) is 0 Å². The van der Waals surface area contributed by atoms with Crippen molar-refractivity contribution in [1.82, 2.24) is 15.2 Å². The minimum atomic E-state index is -0.289. The van der Waals surface area contributed by atoms with Crippen molar-refractivity contribution in [2.75, 3.05) is 31.5 Å². The van der Waals surface area contributed by atoms with Crippen LogP contribution in [0.15, 0.2) is 67.0 Å². The van der Waals surface area contributed by atoms with Crippen LogP contribution in [0.2, 0.25) is 5.02 Å². The van der Waals surface area contributed by atoms with Crippen LogP contribution in [0.4, 0.5) is 5.69 Å². The van der Waals surface area contributed by atoms with Gasteiger partial charge in [0.2, 0.25) is 0 Å². The monoisotopic (exact) mass is 420 g/mol. The van der Waals surface area contributed by atoms with E-state index in [1.807, 2.05) is 29.2 Å². The van der Waals surface area contributed by atoms with Crippen molar-refractivity contribution in [3.63, 3.8) is 0 Å². The van der Waals surface area contributed by atoms with Gasteiger partial charge in [-0.05, 0) is 35.9 Å². The van der Waals surface area contributed by atoms with Gasteiger partial charge in [-0.2, -0.15) is 0 Å². The number of halogens is 1. The molecule has 152 valence electrons. The number of rotatable bonds is 4. The Hall–Kier alpha value is -3.22.